The maximum Gasteiger partial charge on any atom is 0.0843 e. The molecule has 0 bridgehead atoms. The summed E-state index contributed by atoms with van der Waals surface area (Å²) in [4.78, 5) is 0. The Morgan fingerprint density at radius 1 is 1.62 bits per heavy atom. The normalized spacial score (nSPS) is 27.2. The van der Waals surface area contributed by atoms with E-state index in [9.17, 15) is 0 Å². The molecule has 0 aliphatic heterocycles. The van der Waals surface area contributed by atoms with Gasteiger partial charge in [0.25, 0.3) is 0 Å². The fourth-order valence-electron chi connectivity index (χ4n) is 2.69. The van der Waals surface area contributed by atoms with Crippen molar-refractivity contribution in [3.05, 3.63) is 11.9 Å². The van der Waals surface area contributed by atoms with Crippen LogP contribution in [0.15, 0.2) is 6.20 Å². The SMILES string of the molecule is CC1CCC(C(Cc2cn(C)nn2)NN)C1. The number of nitrogens with two attached hydrogens (primary N) is 1. The number of nitrogens with one attached hydrogen (secondary N) is 1. The van der Waals surface area contributed by atoms with Crippen LogP contribution in [0.1, 0.15) is 31.9 Å². The second-order valence-electron chi connectivity index (χ2n) is 5.04. The van der Waals surface area contributed by atoms with Gasteiger partial charge in [-0.3, -0.25) is 16.0 Å². The first-order chi connectivity index (χ1) is 7.69. The van der Waals surface area contributed by atoms with E-state index in [0.717, 1.165) is 18.0 Å². The Hall–Kier alpha value is -0.940. The average molecular weight is 223 g/mol. The van der Waals surface area contributed by atoms with Crippen molar-refractivity contribution in [1.82, 2.24) is 20.4 Å². The largest absolute Gasteiger partial charge is 0.271 e. The number of nitrogens with zero attached hydrogens (tertiary/aromatic N) is 3. The summed E-state index contributed by atoms with van der Waals surface area (Å²) in [5.41, 5.74) is 3.96. The number of rotatable bonds is 4. The zero-order valence-corrected chi connectivity index (χ0v) is 10.1. The summed E-state index contributed by atoms with van der Waals surface area (Å²) < 4.78 is 1.74. The van der Waals surface area contributed by atoms with Gasteiger partial charge in [-0.05, 0) is 24.7 Å². The molecule has 1 saturated carbocycles. The van der Waals surface area contributed by atoms with Crippen molar-refractivity contribution in [2.45, 2.75) is 38.6 Å². The topological polar surface area (TPSA) is 68.8 Å². The lowest BCUT2D eigenvalue weighted by atomic mass is 9.94. The number of hydrogen-bond acceptors (Lipinski definition) is 4. The first-order valence-electron chi connectivity index (χ1n) is 6.00. The van der Waals surface area contributed by atoms with Gasteiger partial charge in [0, 0.05) is 25.7 Å². The van der Waals surface area contributed by atoms with E-state index in [4.69, 9.17) is 5.84 Å². The van der Waals surface area contributed by atoms with Gasteiger partial charge in [-0.25, -0.2) is 0 Å². The molecule has 0 saturated heterocycles. The molecule has 0 aromatic carbocycles. The summed E-state index contributed by atoms with van der Waals surface area (Å²) in [5, 5.41) is 8.05. The second kappa shape index (κ2) is 4.93. The third kappa shape index (κ3) is 2.59. The van der Waals surface area contributed by atoms with Crippen molar-refractivity contribution >= 4 is 0 Å². The van der Waals surface area contributed by atoms with E-state index >= 15 is 0 Å². The molecule has 1 aliphatic carbocycles. The Bertz CT molecular complexity index is 335. The molecule has 1 heterocycles. The summed E-state index contributed by atoms with van der Waals surface area (Å²) in [6, 6.07) is 0.335. The van der Waals surface area contributed by atoms with E-state index < -0.39 is 0 Å². The summed E-state index contributed by atoms with van der Waals surface area (Å²) in [7, 11) is 1.89. The minimum absolute atomic E-state index is 0.335. The zero-order valence-electron chi connectivity index (χ0n) is 10.1. The van der Waals surface area contributed by atoms with Crippen LogP contribution < -0.4 is 11.3 Å². The van der Waals surface area contributed by atoms with E-state index in [1.165, 1.54) is 19.3 Å². The summed E-state index contributed by atoms with van der Waals surface area (Å²) in [5.74, 6) is 7.17. The highest BCUT2D eigenvalue weighted by atomic mass is 15.4. The molecule has 3 N–H and O–H groups in total. The Kier molecular flexibility index (Phi) is 3.56. The molecule has 3 unspecified atom stereocenters. The predicted octanol–water partition coefficient (Wildman–Crippen LogP) is 0.626. The van der Waals surface area contributed by atoms with Gasteiger partial charge < -0.3 is 0 Å². The maximum absolute atomic E-state index is 5.65. The Morgan fingerprint density at radius 2 is 2.44 bits per heavy atom. The lowest BCUT2D eigenvalue weighted by Crippen LogP contribution is -2.41. The van der Waals surface area contributed by atoms with Gasteiger partial charge in [0.2, 0.25) is 0 Å². The fourth-order valence-corrected chi connectivity index (χ4v) is 2.69. The number of aryl methyl sites for hydroxylation is 1. The van der Waals surface area contributed by atoms with Gasteiger partial charge in [0.15, 0.2) is 0 Å². The van der Waals surface area contributed by atoms with E-state index in [0.29, 0.717) is 12.0 Å². The first kappa shape index (κ1) is 11.5. The highest BCUT2D eigenvalue weighted by molar-refractivity contribution is 4.98. The Balaban J connectivity index is 1.95. The molecule has 1 aromatic heterocycles. The second-order valence-corrected chi connectivity index (χ2v) is 5.04. The van der Waals surface area contributed by atoms with E-state index in [-0.39, 0.29) is 0 Å². The van der Waals surface area contributed by atoms with E-state index in [1.807, 2.05) is 13.2 Å². The van der Waals surface area contributed by atoms with Crippen LogP contribution >= 0.6 is 0 Å². The van der Waals surface area contributed by atoms with Gasteiger partial charge in [-0.15, -0.1) is 5.10 Å². The summed E-state index contributed by atoms with van der Waals surface area (Å²) in [6.07, 6.45) is 6.71. The highest BCUT2D eigenvalue weighted by Crippen LogP contribution is 2.33. The lowest BCUT2D eigenvalue weighted by molar-refractivity contribution is 0.350. The molecule has 1 aromatic rings. The first-order valence-corrected chi connectivity index (χ1v) is 6.00. The standard InChI is InChI=1S/C11H21N5/c1-8-3-4-9(5-8)11(13-12)6-10-7-16(2)15-14-10/h7-9,11,13H,3-6,12H2,1-2H3. The molecule has 5 nitrogen and oxygen atoms in total. The van der Waals surface area contributed by atoms with Crippen molar-refractivity contribution < 1.29 is 0 Å². The molecule has 0 amide bonds. The van der Waals surface area contributed by atoms with Crippen molar-refractivity contribution in [3.8, 4) is 0 Å². The van der Waals surface area contributed by atoms with Crippen LogP contribution in [0.4, 0.5) is 0 Å². The minimum atomic E-state index is 0.335. The molecular weight excluding hydrogens is 202 g/mol. The fraction of sp³-hybridized carbons (Fsp3) is 0.818. The van der Waals surface area contributed by atoms with Gasteiger partial charge in [0.05, 0.1) is 5.69 Å². The van der Waals surface area contributed by atoms with Crippen LogP contribution in [-0.4, -0.2) is 21.0 Å². The molecule has 5 heteroatoms. The number of hydrazine groups is 1. The molecule has 1 fully saturated rings. The summed E-state index contributed by atoms with van der Waals surface area (Å²) in [6.45, 7) is 2.32. The van der Waals surface area contributed by atoms with Crippen LogP contribution in [0, 0.1) is 11.8 Å². The molecule has 90 valence electrons. The van der Waals surface area contributed by atoms with Crippen molar-refractivity contribution in [3.63, 3.8) is 0 Å². The lowest BCUT2D eigenvalue weighted by Gasteiger charge is -2.21. The van der Waals surface area contributed by atoms with Crippen LogP contribution in [0.2, 0.25) is 0 Å². The quantitative estimate of drug-likeness (QED) is 0.580. The van der Waals surface area contributed by atoms with Gasteiger partial charge in [-0.1, -0.05) is 18.6 Å². The molecule has 0 radical (unpaired) electrons. The monoisotopic (exact) mass is 223 g/mol. The van der Waals surface area contributed by atoms with Crippen molar-refractivity contribution in [1.29, 1.82) is 0 Å². The average Bonchev–Trinajstić information content (AvgIpc) is 2.84. The van der Waals surface area contributed by atoms with E-state index in [1.54, 1.807) is 4.68 Å². The number of hydrogen-bond donors (Lipinski definition) is 2. The third-order valence-electron chi connectivity index (χ3n) is 3.60. The molecule has 2 rings (SSSR count). The minimum Gasteiger partial charge on any atom is -0.271 e. The van der Waals surface area contributed by atoms with Crippen LogP contribution in [-0.2, 0) is 13.5 Å². The molecular formula is C11H21N5. The van der Waals surface area contributed by atoms with Crippen LogP contribution in [0.5, 0.6) is 0 Å². The maximum atomic E-state index is 5.65. The zero-order chi connectivity index (χ0) is 11.5. The van der Waals surface area contributed by atoms with Crippen LogP contribution in [0.3, 0.4) is 0 Å². The molecule has 16 heavy (non-hydrogen) atoms. The van der Waals surface area contributed by atoms with Crippen molar-refractivity contribution in [2.24, 2.45) is 24.7 Å². The Morgan fingerprint density at radius 3 is 2.94 bits per heavy atom. The Labute approximate surface area is 96.4 Å². The smallest absolute Gasteiger partial charge is 0.0843 e. The van der Waals surface area contributed by atoms with Gasteiger partial charge in [0.1, 0.15) is 0 Å². The molecule has 3 atom stereocenters. The van der Waals surface area contributed by atoms with Gasteiger partial charge in [-0.2, -0.15) is 0 Å². The third-order valence-corrected chi connectivity index (χ3v) is 3.60. The highest BCUT2D eigenvalue weighted by Gasteiger charge is 2.28. The predicted molar refractivity (Wildman–Crippen MR) is 62.3 cm³/mol. The van der Waals surface area contributed by atoms with Crippen molar-refractivity contribution in [2.75, 3.05) is 0 Å². The van der Waals surface area contributed by atoms with E-state index in [2.05, 4.69) is 22.7 Å². The summed E-state index contributed by atoms with van der Waals surface area (Å²) >= 11 is 0. The molecule has 1 aliphatic rings. The number of aromatic nitrogens is 3. The van der Waals surface area contributed by atoms with Gasteiger partial charge >= 0.3 is 0 Å². The van der Waals surface area contributed by atoms with Crippen LogP contribution in [0.25, 0.3) is 0 Å². The molecule has 0 spiro atoms.